The van der Waals surface area contributed by atoms with Crippen molar-refractivity contribution in [3.05, 3.63) is 56.5 Å². The SMILES string of the molecule is Cc1cc(NC(=O)[C@H](C)Oc2ccc(Cl)cc2Cl)ccc1Br. The fraction of sp³-hybridized carbons (Fsp3) is 0.188. The molecule has 0 heterocycles. The first kappa shape index (κ1) is 17.1. The lowest BCUT2D eigenvalue weighted by Crippen LogP contribution is -2.30. The van der Waals surface area contributed by atoms with Gasteiger partial charge in [-0.2, -0.15) is 0 Å². The zero-order valence-electron chi connectivity index (χ0n) is 12.0. The highest BCUT2D eigenvalue weighted by Gasteiger charge is 2.16. The van der Waals surface area contributed by atoms with E-state index in [2.05, 4.69) is 21.2 Å². The standard InChI is InChI=1S/C16H14BrCl2NO2/c1-9-7-12(4-5-13(9)17)20-16(21)10(2)22-15-6-3-11(18)8-14(15)19/h3-8,10H,1-2H3,(H,20,21)/t10-/m0/s1. The van der Waals surface area contributed by atoms with Crippen molar-refractivity contribution in [3.63, 3.8) is 0 Å². The van der Waals surface area contributed by atoms with Gasteiger partial charge in [-0.05, 0) is 55.8 Å². The first-order chi connectivity index (χ1) is 10.4. The van der Waals surface area contributed by atoms with Crippen LogP contribution >= 0.6 is 39.1 Å². The lowest BCUT2D eigenvalue weighted by Gasteiger charge is -2.16. The summed E-state index contributed by atoms with van der Waals surface area (Å²) in [6.45, 7) is 3.61. The first-order valence-electron chi connectivity index (χ1n) is 6.55. The van der Waals surface area contributed by atoms with E-state index in [1.807, 2.05) is 25.1 Å². The van der Waals surface area contributed by atoms with Gasteiger partial charge in [0, 0.05) is 15.2 Å². The maximum absolute atomic E-state index is 12.2. The number of nitrogens with one attached hydrogen (secondary N) is 1. The lowest BCUT2D eigenvalue weighted by atomic mass is 10.2. The molecule has 22 heavy (non-hydrogen) atoms. The summed E-state index contributed by atoms with van der Waals surface area (Å²) in [6.07, 6.45) is -0.692. The van der Waals surface area contributed by atoms with Gasteiger partial charge in [0.2, 0.25) is 0 Å². The summed E-state index contributed by atoms with van der Waals surface area (Å²) in [5, 5.41) is 3.69. The number of carbonyl (C=O) groups is 1. The fourth-order valence-electron chi connectivity index (χ4n) is 1.78. The second-order valence-corrected chi connectivity index (χ2v) is 6.49. The summed E-state index contributed by atoms with van der Waals surface area (Å²) in [7, 11) is 0. The third-order valence-electron chi connectivity index (χ3n) is 2.99. The van der Waals surface area contributed by atoms with Gasteiger partial charge in [-0.1, -0.05) is 39.1 Å². The van der Waals surface area contributed by atoms with Crippen LogP contribution < -0.4 is 10.1 Å². The fourth-order valence-corrected chi connectivity index (χ4v) is 2.48. The van der Waals surface area contributed by atoms with Crippen molar-refractivity contribution in [2.75, 3.05) is 5.32 Å². The first-order valence-corrected chi connectivity index (χ1v) is 8.10. The van der Waals surface area contributed by atoms with E-state index in [1.165, 1.54) is 0 Å². The van der Waals surface area contributed by atoms with E-state index in [0.29, 0.717) is 21.5 Å². The van der Waals surface area contributed by atoms with Crippen molar-refractivity contribution in [1.29, 1.82) is 0 Å². The van der Waals surface area contributed by atoms with Crippen molar-refractivity contribution < 1.29 is 9.53 Å². The molecule has 0 aliphatic carbocycles. The molecule has 0 aromatic heterocycles. The Morgan fingerprint density at radius 3 is 2.59 bits per heavy atom. The summed E-state index contributed by atoms with van der Waals surface area (Å²) in [5.41, 5.74) is 1.75. The highest BCUT2D eigenvalue weighted by molar-refractivity contribution is 9.10. The molecule has 0 saturated heterocycles. The molecular formula is C16H14BrCl2NO2. The van der Waals surface area contributed by atoms with Gasteiger partial charge in [-0.15, -0.1) is 0 Å². The van der Waals surface area contributed by atoms with Crippen LogP contribution in [0.15, 0.2) is 40.9 Å². The molecule has 0 aliphatic rings. The Hall–Kier alpha value is -1.23. The van der Waals surface area contributed by atoms with E-state index in [1.54, 1.807) is 25.1 Å². The molecule has 1 amide bonds. The van der Waals surface area contributed by atoms with Crippen LogP contribution in [0.4, 0.5) is 5.69 Å². The predicted molar refractivity (Wildman–Crippen MR) is 94.1 cm³/mol. The molecule has 1 N–H and O–H groups in total. The Morgan fingerprint density at radius 2 is 1.95 bits per heavy atom. The second-order valence-electron chi connectivity index (χ2n) is 4.79. The molecule has 0 fully saturated rings. The van der Waals surface area contributed by atoms with Crippen LogP contribution in [-0.4, -0.2) is 12.0 Å². The Labute approximate surface area is 147 Å². The molecule has 2 rings (SSSR count). The van der Waals surface area contributed by atoms with Crippen LogP contribution in [0.1, 0.15) is 12.5 Å². The molecule has 3 nitrogen and oxygen atoms in total. The quantitative estimate of drug-likeness (QED) is 0.736. The minimum atomic E-state index is -0.692. The van der Waals surface area contributed by atoms with Crippen molar-refractivity contribution >= 4 is 50.7 Å². The zero-order chi connectivity index (χ0) is 16.3. The molecule has 0 bridgehead atoms. The van der Waals surface area contributed by atoms with E-state index in [9.17, 15) is 4.79 Å². The molecular weight excluding hydrogens is 389 g/mol. The molecule has 0 radical (unpaired) electrons. The smallest absolute Gasteiger partial charge is 0.265 e. The summed E-state index contributed by atoms with van der Waals surface area (Å²) >= 11 is 15.3. The lowest BCUT2D eigenvalue weighted by molar-refractivity contribution is -0.122. The maximum Gasteiger partial charge on any atom is 0.265 e. The van der Waals surface area contributed by atoms with E-state index in [4.69, 9.17) is 27.9 Å². The molecule has 116 valence electrons. The molecule has 0 unspecified atom stereocenters. The Bertz CT molecular complexity index is 707. The van der Waals surface area contributed by atoms with Crippen molar-refractivity contribution in [3.8, 4) is 5.75 Å². The molecule has 2 aromatic rings. The number of aryl methyl sites for hydroxylation is 1. The monoisotopic (exact) mass is 401 g/mol. The summed E-state index contributed by atoms with van der Waals surface area (Å²) in [5.74, 6) is 0.161. The maximum atomic E-state index is 12.2. The Kier molecular flexibility index (Phi) is 5.73. The highest BCUT2D eigenvalue weighted by atomic mass is 79.9. The van der Waals surface area contributed by atoms with Gasteiger partial charge in [-0.3, -0.25) is 4.79 Å². The van der Waals surface area contributed by atoms with E-state index in [-0.39, 0.29) is 5.91 Å². The molecule has 2 aromatic carbocycles. The topological polar surface area (TPSA) is 38.3 Å². The van der Waals surface area contributed by atoms with Crippen LogP contribution in [0.5, 0.6) is 5.75 Å². The van der Waals surface area contributed by atoms with Crippen molar-refractivity contribution in [1.82, 2.24) is 0 Å². The summed E-state index contributed by atoms with van der Waals surface area (Å²) < 4.78 is 6.56. The normalized spacial score (nSPS) is 11.9. The van der Waals surface area contributed by atoms with Gasteiger partial charge >= 0.3 is 0 Å². The average Bonchev–Trinajstić information content (AvgIpc) is 2.45. The Balaban J connectivity index is 2.04. The number of amides is 1. The van der Waals surface area contributed by atoms with Gasteiger partial charge in [0.25, 0.3) is 5.91 Å². The Morgan fingerprint density at radius 1 is 1.23 bits per heavy atom. The van der Waals surface area contributed by atoms with Crippen LogP contribution in [0.3, 0.4) is 0 Å². The van der Waals surface area contributed by atoms with Crippen LogP contribution in [0.2, 0.25) is 10.0 Å². The minimum absolute atomic E-state index is 0.257. The van der Waals surface area contributed by atoms with Gasteiger partial charge in [0.05, 0.1) is 5.02 Å². The number of anilines is 1. The number of benzene rings is 2. The van der Waals surface area contributed by atoms with Gasteiger partial charge < -0.3 is 10.1 Å². The molecule has 0 spiro atoms. The number of hydrogen-bond donors (Lipinski definition) is 1. The van der Waals surface area contributed by atoms with Crippen LogP contribution in [-0.2, 0) is 4.79 Å². The van der Waals surface area contributed by atoms with Gasteiger partial charge in [-0.25, -0.2) is 0 Å². The second kappa shape index (κ2) is 7.36. The molecule has 6 heteroatoms. The molecule has 0 saturated carbocycles. The number of hydrogen-bond acceptors (Lipinski definition) is 2. The van der Waals surface area contributed by atoms with Crippen LogP contribution in [0.25, 0.3) is 0 Å². The predicted octanol–water partition coefficient (Wildman–Crippen LogP) is 5.47. The summed E-state index contributed by atoms with van der Waals surface area (Å²) in [6, 6.07) is 10.4. The van der Waals surface area contributed by atoms with E-state index < -0.39 is 6.10 Å². The largest absolute Gasteiger partial charge is 0.479 e. The van der Waals surface area contributed by atoms with Gasteiger partial charge in [0.1, 0.15) is 5.75 Å². The number of carbonyl (C=O) groups excluding carboxylic acids is 1. The molecule has 0 aliphatic heterocycles. The number of rotatable bonds is 4. The van der Waals surface area contributed by atoms with E-state index in [0.717, 1.165) is 10.0 Å². The average molecular weight is 403 g/mol. The number of ether oxygens (including phenoxy) is 1. The molecule has 1 atom stereocenters. The highest BCUT2D eigenvalue weighted by Crippen LogP contribution is 2.28. The summed E-state index contributed by atoms with van der Waals surface area (Å²) in [4.78, 5) is 12.2. The minimum Gasteiger partial charge on any atom is -0.479 e. The third-order valence-corrected chi connectivity index (χ3v) is 4.41. The zero-order valence-corrected chi connectivity index (χ0v) is 15.1. The van der Waals surface area contributed by atoms with E-state index >= 15 is 0 Å². The van der Waals surface area contributed by atoms with Crippen molar-refractivity contribution in [2.45, 2.75) is 20.0 Å². The third kappa shape index (κ3) is 4.38. The van der Waals surface area contributed by atoms with Crippen LogP contribution in [0, 0.1) is 6.92 Å². The van der Waals surface area contributed by atoms with Gasteiger partial charge in [0.15, 0.2) is 6.10 Å². The number of halogens is 3. The van der Waals surface area contributed by atoms with Crippen molar-refractivity contribution in [2.24, 2.45) is 0 Å².